The molecule has 9 nitrogen and oxygen atoms in total. The van der Waals surface area contributed by atoms with Gasteiger partial charge in [-0.3, -0.25) is 10.1 Å². The van der Waals surface area contributed by atoms with E-state index in [1.54, 1.807) is 19.2 Å². The van der Waals surface area contributed by atoms with Crippen molar-refractivity contribution in [2.45, 2.75) is 31.8 Å². The summed E-state index contributed by atoms with van der Waals surface area (Å²) >= 11 is 0. The maximum Gasteiger partial charge on any atom is 0.338 e. The molecule has 0 spiro atoms. The first-order valence-corrected chi connectivity index (χ1v) is 8.99. The lowest BCUT2D eigenvalue weighted by Gasteiger charge is -2.18. The van der Waals surface area contributed by atoms with Crippen molar-refractivity contribution >= 4 is 27.9 Å². The Labute approximate surface area is 146 Å². The van der Waals surface area contributed by atoms with Gasteiger partial charge in [0.15, 0.2) is 6.10 Å². The lowest BCUT2D eigenvalue weighted by atomic mass is 10.2. The molecule has 0 aromatic heterocycles. The van der Waals surface area contributed by atoms with Crippen LogP contribution in [0.1, 0.15) is 31.1 Å². The van der Waals surface area contributed by atoms with Crippen molar-refractivity contribution in [3.05, 3.63) is 29.8 Å². The summed E-state index contributed by atoms with van der Waals surface area (Å²) in [5, 5.41) is 1.79. The number of amides is 3. The van der Waals surface area contributed by atoms with E-state index in [0.29, 0.717) is 0 Å². The first kappa shape index (κ1) is 20.6. The standard InChI is InChI=1S/C15H21N3O6S/c1-4-18(5-2)25(22,23)12-8-6-7-11(9-12)14(20)24-10(3)13(19)17-15(16)21/h6-10H,4-5H2,1-3H3,(H3,16,17,19,21)/t10-/m0/s1. The van der Waals surface area contributed by atoms with Crippen molar-refractivity contribution in [3.63, 3.8) is 0 Å². The summed E-state index contributed by atoms with van der Waals surface area (Å²) in [6.45, 7) is 5.25. The topological polar surface area (TPSA) is 136 Å². The largest absolute Gasteiger partial charge is 0.449 e. The van der Waals surface area contributed by atoms with Crippen molar-refractivity contribution in [2.24, 2.45) is 5.73 Å². The summed E-state index contributed by atoms with van der Waals surface area (Å²) in [7, 11) is -3.73. The number of ether oxygens (including phenoxy) is 1. The third-order valence-electron chi connectivity index (χ3n) is 3.31. The molecular weight excluding hydrogens is 350 g/mol. The fourth-order valence-electron chi connectivity index (χ4n) is 2.00. The molecule has 0 saturated heterocycles. The van der Waals surface area contributed by atoms with E-state index < -0.39 is 34.0 Å². The third kappa shape index (κ3) is 5.26. The number of nitrogens with one attached hydrogen (secondary N) is 1. The lowest BCUT2D eigenvalue weighted by Crippen LogP contribution is -2.42. The SMILES string of the molecule is CCN(CC)S(=O)(=O)c1cccc(C(=O)O[C@@H](C)C(=O)NC(N)=O)c1. The molecule has 0 bridgehead atoms. The van der Waals surface area contributed by atoms with Gasteiger partial charge in [0, 0.05) is 13.1 Å². The molecule has 1 aromatic rings. The van der Waals surface area contributed by atoms with Gasteiger partial charge in [-0.25, -0.2) is 18.0 Å². The molecule has 1 rings (SSSR count). The average Bonchev–Trinajstić information content (AvgIpc) is 2.55. The van der Waals surface area contributed by atoms with Crippen LogP contribution < -0.4 is 11.1 Å². The number of primary amides is 1. The van der Waals surface area contributed by atoms with Crippen LogP contribution >= 0.6 is 0 Å². The normalized spacial score (nSPS) is 12.5. The second kappa shape index (κ2) is 8.58. The van der Waals surface area contributed by atoms with Crippen molar-refractivity contribution in [3.8, 4) is 0 Å². The number of urea groups is 1. The molecule has 10 heteroatoms. The quantitative estimate of drug-likeness (QED) is 0.668. The lowest BCUT2D eigenvalue weighted by molar-refractivity contribution is -0.127. The average molecular weight is 371 g/mol. The summed E-state index contributed by atoms with van der Waals surface area (Å²) < 4.78 is 31.1. The number of esters is 1. The number of hydrogen-bond donors (Lipinski definition) is 2. The van der Waals surface area contributed by atoms with E-state index in [1.165, 1.54) is 35.5 Å². The van der Waals surface area contributed by atoms with E-state index in [9.17, 15) is 22.8 Å². The van der Waals surface area contributed by atoms with Gasteiger partial charge in [0.25, 0.3) is 5.91 Å². The van der Waals surface area contributed by atoms with Crippen molar-refractivity contribution in [2.75, 3.05) is 13.1 Å². The molecule has 3 amide bonds. The van der Waals surface area contributed by atoms with Crippen LogP contribution in [0.2, 0.25) is 0 Å². The van der Waals surface area contributed by atoms with Crippen LogP contribution in [-0.4, -0.2) is 49.8 Å². The highest BCUT2D eigenvalue weighted by molar-refractivity contribution is 7.89. The Kier molecular flexibility index (Phi) is 7.07. The van der Waals surface area contributed by atoms with Crippen LogP contribution in [0.3, 0.4) is 0 Å². The van der Waals surface area contributed by atoms with Gasteiger partial charge in [-0.15, -0.1) is 0 Å². The monoisotopic (exact) mass is 371 g/mol. The number of nitrogens with zero attached hydrogens (tertiary/aromatic N) is 1. The van der Waals surface area contributed by atoms with Crippen LogP contribution in [0.5, 0.6) is 0 Å². The first-order valence-electron chi connectivity index (χ1n) is 7.54. The number of benzene rings is 1. The molecule has 0 saturated carbocycles. The molecular formula is C15H21N3O6S. The second-order valence-electron chi connectivity index (χ2n) is 5.02. The van der Waals surface area contributed by atoms with E-state index in [2.05, 4.69) is 0 Å². The van der Waals surface area contributed by atoms with E-state index >= 15 is 0 Å². The van der Waals surface area contributed by atoms with Gasteiger partial charge in [0.05, 0.1) is 10.5 Å². The van der Waals surface area contributed by atoms with Crippen LogP contribution in [0.25, 0.3) is 0 Å². The molecule has 0 radical (unpaired) electrons. The zero-order chi connectivity index (χ0) is 19.2. The van der Waals surface area contributed by atoms with Gasteiger partial charge in [-0.2, -0.15) is 4.31 Å². The number of nitrogens with two attached hydrogens (primary N) is 1. The molecule has 25 heavy (non-hydrogen) atoms. The highest BCUT2D eigenvalue weighted by atomic mass is 32.2. The molecule has 0 fully saturated rings. The summed E-state index contributed by atoms with van der Waals surface area (Å²) in [6, 6.07) is 4.24. The maximum absolute atomic E-state index is 12.5. The number of hydrogen-bond acceptors (Lipinski definition) is 6. The minimum Gasteiger partial charge on any atom is -0.449 e. The molecule has 138 valence electrons. The highest BCUT2D eigenvalue weighted by Crippen LogP contribution is 2.17. The summed E-state index contributed by atoms with van der Waals surface area (Å²) in [6.07, 6.45) is -1.27. The van der Waals surface area contributed by atoms with Crippen LogP contribution in [0.15, 0.2) is 29.2 Å². The Hall–Kier alpha value is -2.46. The maximum atomic E-state index is 12.5. The second-order valence-corrected chi connectivity index (χ2v) is 6.96. The van der Waals surface area contributed by atoms with Gasteiger partial charge >= 0.3 is 12.0 Å². The van der Waals surface area contributed by atoms with E-state index in [4.69, 9.17) is 10.5 Å². The summed E-state index contributed by atoms with van der Waals surface area (Å²) in [5.74, 6) is -1.78. The van der Waals surface area contributed by atoms with Gasteiger partial charge in [-0.05, 0) is 25.1 Å². The van der Waals surface area contributed by atoms with Gasteiger partial charge in [0.1, 0.15) is 0 Å². The molecule has 3 N–H and O–H groups in total. The van der Waals surface area contributed by atoms with E-state index in [1.807, 2.05) is 0 Å². The zero-order valence-corrected chi connectivity index (χ0v) is 15.0. The van der Waals surface area contributed by atoms with Crippen LogP contribution in [0, 0.1) is 0 Å². The van der Waals surface area contributed by atoms with Crippen LogP contribution in [-0.2, 0) is 19.6 Å². The fourth-order valence-corrected chi connectivity index (χ4v) is 3.51. The Morgan fingerprint density at radius 1 is 1.24 bits per heavy atom. The Morgan fingerprint density at radius 2 is 1.84 bits per heavy atom. The molecule has 1 atom stereocenters. The third-order valence-corrected chi connectivity index (χ3v) is 5.36. The molecule has 0 unspecified atom stereocenters. The highest BCUT2D eigenvalue weighted by Gasteiger charge is 2.24. The van der Waals surface area contributed by atoms with Crippen LogP contribution in [0.4, 0.5) is 4.79 Å². The van der Waals surface area contributed by atoms with Crippen molar-refractivity contribution in [1.82, 2.24) is 9.62 Å². The molecule has 0 aliphatic carbocycles. The summed E-state index contributed by atoms with van der Waals surface area (Å²) in [5.41, 5.74) is 4.78. The molecule has 0 aliphatic rings. The number of carbonyl (C=O) groups is 3. The van der Waals surface area contributed by atoms with Gasteiger partial charge in [0.2, 0.25) is 10.0 Å². The molecule has 0 heterocycles. The smallest absolute Gasteiger partial charge is 0.338 e. The number of imide groups is 1. The van der Waals surface area contributed by atoms with Crippen molar-refractivity contribution in [1.29, 1.82) is 0 Å². The fraction of sp³-hybridized carbons (Fsp3) is 0.400. The Morgan fingerprint density at radius 3 is 2.36 bits per heavy atom. The van der Waals surface area contributed by atoms with E-state index in [-0.39, 0.29) is 23.5 Å². The van der Waals surface area contributed by atoms with Gasteiger partial charge in [-0.1, -0.05) is 19.9 Å². The minimum absolute atomic E-state index is 0.0352. The number of sulfonamides is 1. The predicted molar refractivity (Wildman–Crippen MR) is 89.2 cm³/mol. The van der Waals surface area contributed by atoms with Crippen molar-refractivity contribution < 1.29 is 27.5 Å². The molecule has 1 aromatic carbocycles. The number of rotatable bonds is 7. The first-order chi connectivity index (χ1) is 11.6. The molecule has 0 aliphatic heterocycles. The van der Waals surface area contributed by atoms with Gasteiger partial charge < -0.3 is 10.5 Å². The minimum atomic E-state index is -3.73. The van der Waals surface area contributed by atoms with E-state index in [0.717, 1.165) is 0 Å². The Balaban J connectivity index is 2.99. The summed E-state index contributed by atoms with van der Waals surface area (Å²) in [4.78, 5) is 34.2. The zero-order valence-electron chi connectivity index (χ0n) is 14.2. The number of carbonyl (C=O) groups excluding carboxylic acids is 3. The Bertz CT molecular complexity index is 758. The predicted octanol–water partition coefficient (Wildman–Crippen LogP) is 0.457.